The van der Waals surface area contributed by atoms with Crippen molar-refractivity contribution in [1.82, 2.24) is 5.48 Å². The van der Waals surface area contributed by atoms with E-state index < -0.39 is 18.4 Å². The third-order valence-electron chi connectivity index (χ3n) is 1.51. The first-order valence-corrected chi connectivity index (χ1v) is 5.38. The van der Waals surface area contributed by atoms with Gasteiger partial charge in [-0.3, -0.25) is 19.2 Å². The molecule has 4 N–H and O–H groups in total. The van der Waals surface area contributed by atoms with Crippen molar-refractivity contribution in [2.75, 3.05) is 11.9 Å². The molecule has 7 nitrogen and oxygen atoms in total. The minimum absolute atomic E-state index is 0.219. The summed E-state index contributed by atoms with van der Waals surface area (Å²) >= 11 is 1.09. The van der Waals surface area contributed by atoms with Gasteiger partial charge in [-0.15, -0.1) is 11.3 Å². The molecular weight excluding hydrogens is 246 g/mol. The number of anilines is 1. The van der Waals surface area contributed by atoms with E-state index in [4.69, 9.17) is 5.73 Å². The maximum absolute atomic E-state index is 11.4. The van der Waals surface area contributed by atoms with Gasteiger partial charge >= 0.3 is 0 Å². The number of hydrogen-bond acceptors (Lipinski definition) is 5. The van der Waals surface area contributed by atoms with Crippen LogP contribution in [-0.2, 0) is 14.4 Å². The van der Waals surface area contributed by atoms with Crippen LogP contribution in [0.1, 0.15) is 16.6 Å². The topological polar surface area (TPSA) is 111 Å². The van der Waals surface area contributed by atoms with E-state index in [1.54, 1.807) is 6.07 Å². The number of thiophene rings is 1. The van der Waals surface area contributed by atoms with Gasteiger partial charge in [-0.2, -0.15) is 0 Å². The van der Waals surface area contributed by atoms with Crippen molar-refractivity contribution in [2.24, 2.45) is 5.73 Å². The minimum Gasteiger partial charge on any atom is -0.368 e. The molecule has 0 fully saturated rings. The van der Waals surface area contributed by atoms with Gasteiger partial charge in [-0.25, -0.2) is 5.48 Å². The van der Waals surface area contributed by atoms with Gasteiger partial charge in [0.05, 0.1) is 9.88 Å². The van der Waals surface area contributed by atoms with Gasteiger partial charge < -0.3 is 11.1 Å². The molecule has 92 valence electrons. The fourth-order valence-electron chi connectivity index (χ4n) is 0.924. The molecule has 0 bridgehead atoms. The number of nitrogens with one attached hydrogen (secondary N) is 2. The van der Waals surface area contributed by atoms with E-state index in [1.165, 1.54) is 13.0 Å². The monoisotopic (exact) mass is 257 g/mol. The average molecular weight is 257 g/mol. The molecule has 1 heterocycles. The van der Waals surface area contributed by atoms with E-state index in [2.05, 4.69) is 15.6 Å². The summed E-state index contributed by atoms with van der Waals surface area (Å²) < 4.78 is 0. The molecule has 0 saturated heterocycles. The zero-order valence-corrected chi connectivity index (χ0v) is 9.80. The van der Waals surface area contributed by atoms with Crippen molar-refractivity contribution >= 4 is 34.1 Å². The lowest BCUT2D eigenvalue weighted by atomic mass is 10.4. The van der Waals surface area contributed by atoms with Crippen LogP contribution in [0.2, 0.25) is 0 Å². The first-order valence-electron chi connectivity index (χ1n) is 4.57. The van der Waals surface area contributed by atoms with Crippen LogP contribution in [0.25, 0.3) is 0 Å². The number of carbonyl (C=O) groups excluding carboxylic acids is 3. The second-order valence-electron chi connectivity index (χ2n) is 3.03. The smallest absolute Gasteiger partial charge is 0.284 e. The molecule has 0 aliphatic rings. The third-order valence-corrected chi connectivity index (χ3v) is 2.51. The first kappa shape index (κ1) is 13.1. The molecule has 1 aromatic rings. The molecule has 3 amide bonds. The lowest BCUT2D eigenvalue weighted by Crippen LogP contribution is -2.28. The molecule has 0 atom stereocenters. The van der Waals surface area contributed by atoms with Crippen molar-refractivity contribution in [2.45, 2.75) is 6.92 Å². The van der Waals surface area contributed by atoms with Crippen LogP contribution < -0.4 is 16.5 Å². The van der Waals surface area contributed by atoms with Crippen LogP contribution in [0.5, 0.6) is 0 Å². The highest BCUT2D eigenvalue weighted by atomic mass is 32.1. The second-order valence-corrected chi connectivity index (χ2v) is 4.12. The molecule has 0 unspecified atom stereocenters. The predicted octanol–water partition coefficient (Wildman–Crippen LogP) is -0.147. The molecule has 8 heteroatoms. The van der Waals surface area contributed by atoms with Crippen molar-refractivity contribution in [3.8, 4) is 0 Å². The number of rotatable bonds is 5. The fourth-order valence-corrected chi connectivity index (χ4v) is 1.76. The van der Waals surface area contributed by atoms with Crippen LogP contribution in [0.15, 0.2) is 12.1 Å². The Bertz CT molecular complexity index is 443. The Labute approximate surface area is 101 Å². The van der Waals surface area contributed by atoms with Gasteiger partial charge in [0.1, 0.15) is 0 Å². The molecule has 0 aromatic carbocycles. The van der Waals surface area contributed by atoms with Crippen LogP contribution in [0.4, 0.5) is 5.00 Å². The number of primary amides is 1. The maximum atomic E-state index is 11.4. The van der Waals surface area contributed by atoms with Crippen LogP contribution in [0.3, 0.4) is 0 Å². The maximum Gasteiger partial charge on any atom is 0.284 e. The second kappa shape index (κ2) is 5.97. The molecule has 1 aromatic heterocycles. The van der Waals surface area contributed by atoms with Gasteiger partial charge in [0.25, 0.3) is 5.91 Å². The molecule has 1 rings (SSSR count). The highest BCUT2D eigenvalue weighted by Gasteiger charge is 2.10. The van der Waals surface area contributed by atoms with E-state index in [1.807, 2.05) is 0 Å². The summed E-state index contributed by atoms with van der Waals surface area (Å²) in [5.41, 5.74) is 6.87. The van der Waals surface area contributed by atoms with Crippen LogP contribution >= 0.6 is 11.3 Å². The summed E-state index contributed by atoms with van der Waals surface area (Å²) in [7, 11) is 0. The highest BCUT2D eigenvalue weighted by molar-refractivity contribution is 7.18. The average Bonchev–Trinajstić information content (AvgIpc) is 2.64. The summed E-state index contributed by atoms with van der Waals surface area (Å²) in [4.78, 5) is 37.4. The first-order chi connectivity index (χ1) is 7.99. The van der Waals surface area contributed by atoms with Crippen molar-refractivity contribution in [1.29, 1.82) is 0 Å². The summed E-state index contributed by atoms with van der Waals surface area (Å²) in [5.74, 6) is -1.41. The van der Waals surface area contributed by atoms with E-state index in [0.29, 0.717) is 9.88 Å². The van der Waals surface area contributed by atoms with E-state index >= 15 is 0 Å². The Morgan fingerprint density at radius 2 is 2.12 bits per heavy atom. The third kappa shape index (κ3) is 4.62. The van der Waals surface area contributed by atoms with Crippen LogP contribution in [-0.4, -0.2) is 24.3 Å². The van der Waals surface area contributed by atoms with Gasteiger partial charge in [0.2, 0.25) is 11.8 Å². The number of amides is 3. The Kier molecular flexibility index (Phi) is 4.61. The Balaban J connectivity index is 2.49. The molecule has 0 aliphatic carbocycles. The highest BCUT2D eigenvalue weighted by Crippen LogP contribution is 2.21. The predicted molar refractivity (Wildman–Crippen MR) is 61.2 cm³/mol. The lowest BCUT2D eigenvalue weighted by molar-refractivity contribution is -0.124. The van der Waals surface area contributed by atoms with Gasteiger partial charge in [0, 0.05) is 6.92 Å². The number of carbonyl (C=O) groups is 3. The largest absolute Gasteiger partial charge is 0.368 e. The van der Waals surface area contributed by atoms with E-state index in [9.17, 15) is 14.4 Å². The van der Waals surface area contributed by atoms with Gasteiger partial charge in [-0.05, 0) is 12.1 Å². The molecule has 0 aliphatic heterocycles. The fraction of sp³-hybridized carbons (Fsp3) is 0.222. The zero-order valence-electron chi connectivity index (χ0n) is 8.98. The summed E-state index contributed by atoms with van der Waals surface area (Å²) in [6.45, 7) is 0.977. The molecule has 0 radical (unpaired) electrons. The number of hydroxylamine groups is 1. The Morgan fingerprint density at radius 1 is 1.41 bits per heavy atom. The van der Waals surface area contributed by atoms with Crippen molar-refractivity contribution in [3.63, 3.8) is 0 Å². The van der Waals surface area contributed by atoms with Crippen molar-refractivity contribution in [3.05, 3.63) is 17.0 Å². The van der Waals surface area contributed by atoms with E-state index in [0.717, 1.165) is 11.3 Å². The zero-order chi connectivity index (χ0) is 12.8. The summed E-state index contributed by atoms with van der Waals surface area (Å²) in [5, 5.41) is 3.09. The Morgan fingerprint density at radius 3 is 2.71 bits per heavy atom. The molecular formula is C9H11N3O4S. The molecule has 0 saturated carbocycles. The quantitative estimate of drug-likeness (QED) is 0.637. The minimum atomic E-state index is -0.685. The lowest BCUT2D eigenvalue weighted by Gasteiger charge is -2.01. The summed E-state index contributed by atoms with van der Waals surface area (Å²) in [6.07, 6.45) is 0. The van der Waals surface area contributed by atoms with E-state index in [-0.39, 0.29) is 5.91 Å². The number of nitrogens with two attached hydrogens (primary N) is 1. The molecule has 17 heavy (non-hydrogen) atoms. The summed E-state index contributed by atoms with van der Waals surface area (Å²) in [6, 6.07) is 3.12. The van der Waals surface area contributed by atoms with Gasteiger partial charge in [0.15, 0.2) is 6.61 Å². The SMILES string of the molecule is CC(=O)Nc1ccc(C(=O)NOCC(N)=O)s1. The molecule has 0 spiro atoms. The normalized spacial score (nSPS) is 9.71. The van der Waals surface area contributed by atoms with Crippen molar-refractivity contribution < 1.29 is 19.2 Å². The number of hydrogen-bond donors (Lipinski definition) is 3. The Hall–Kier alpha value is -1.93. The van der Waals surface area contributed by atoms with Gasteiger partial charge in [-0.1, -0.05) is 0 Å². The van der Waals surface area contributed by atoms with Crippen LogP contribution in [0, 0.1) is 0 Å². The standard InChI is InChI=1S/C9H11N3O4S/c1-5(13)11-8-3-2-6(17-8)9(15)12-16-4-7(10)14/h2-3H,4H2,1H3,(H2,10,14)(H,11,13)(H,12,15).